The molecule has 5 aromatic heterocycles. The zero-order chi connectivity index (χ0) is 36.3. The van der Waals surface area contributed by atoms with E-state index in [1.165, 1.54) is 56.4 Å². The van der Waals surface area contributed by atoms with E-state index in [-0.39, 0.29) is 11.9 Å². The lowest BCUT2D eigenvalue weighted by Gasteiger charge is -2.10. The van der Waals surface area contributed by atoms with Gasteiger partial charge in [-0.3, -0.25) is 15.0 Å². The fourth-order valence-electron chi connectivity index (χ4n) is 6.94. The Bertz CT molecular complexity index is 2420. The highest BCUT2D eigenvalue weighted by Crippen LogP contribution is 2.41. The van der Waals surface area contributed by atoms with Gasteiger partial charge in [-0.25, -0.2) is 9.59 Å². The average molecular weight is 704 g/mol. The van der Waals surface area contributed by atoms with Crippen molar-refractivity contribution in [1.29, 1.82) is 0 Å². The molecule has 1 N–H and O–H groups in total. The van der Waals surface area contributed by atoms with Crippen LogP contribution in [0.5, 0.6) is 0 Å². The molecule has 0 aliphatic heterocycles. The normalized spacial score (nSPS) is 13.8. The van der Waals surface area contributed by atoms with Crippen LogP contribution in [0.2, 0.25) is 0 Å². The van der Waals surface area contributed by atoms with Crippen molar-refractivity contribution in [3.8, 4) is 0 Å². The average Bonchev–Trinajstić information content (AvgIpc) is 4.14. The number of aromatic amines is 1. The monoisotopic (exact) mass is 703 g/mol. The number of nitrogens with zero attached hydrogens (tertiary/aromatic N) is 4. The Morgan fingerprint density at radius 3 is 1.92 bits per heavy atom. The first kappa shape index (κ1) is 34.0. The van der Waals surface area contributed by atoms with E-state index in [9.17, 15) is 9.59 Å². The lowest BCUT2D eigenvalue weighted by atomic mass is 10.0. The molecule has 0 atom stereocenters. The summed E-state index contributed by atoms with van der Waals surface area (Å²) in [5, 5.41) is 2.34. The van der Waals surface area contributed by atoms with Gasteiger partial charge in [0.15, 0.2) is 0 Å². The molecule has 9 nitrogen and oxygen atoms in total. The van der Waals surface area contributed by atoms with E-state index in [0.717, 1.165) is 51.1 Å². The zero-order valence-electron chi connectivity index (χ0n) is 29.9. The van der Waals surface area contributed by atoms with Crippen molar-refractivity contribution >= 4 is 33.7 Å². The molecule has 5 heterocycles. The summed E-state index contributed by atoms with van der Waals surface area (Å²) in [5.41, 5.74) is 10.7. The summed E-state index contributed by atoms with van der Waals surface area (Å²) in [5.74, 6) is 0.489. The van der Waals surface area contributed by atoms with Crippen LogP contribution in [0, 0.1) is 0 Å². The van der Waals surface area contributed by atoms with Gasteiger partial charge < -0.3 is 19.0 Å². The number of aromatic nitrogens is 5. The maximum atomic E-state index is 12.3. The topological polar surface area (TPSA) is 112 Å². The van der Waals surface area contributed by atoms with Crippen LogP contribution in [0.1, 0.15) is 97.4 Å². The Morgan fingerprint density at radius 1 is 0.717 bits per heavy atom. The zero-order valence-corrected chi connectivity index (χ0v) is 29.9. The minimum absolute atomic E-state index is 0.308. The number of methoxy groups -OCH3 is 2. The minimum atomic E-state index is -0.316. The Morgan fingerprint density at radius 2 is 1.34 bits per heavy atom. The largest absolute Gasteiger partial charge is 0.465 e. The molecular weight excluding hydrogens is 663 g/mol. The molecule has 2 fully saturated rings. The second-order valence-corrected chi connectivity index (χ2v) is 14.0. The minimum Gasteiger partial charge on any atom is -0.465 e. The van der Waals surface area contributed by atoms with E-state index in [1.54, 1.807) is 6.20 Å². The van der Waals surface area contributed by atoms with Crippen LogP contribution in [0.15, 0.2) is 110 Å². The summed E-state index contributed by atoms with van der Waals surface area (Å²) >= 11 is 0. The smallest absolute Gasteiger partial charge is 0.339 e. The summed E-state index contributed by atoms with van der Waals surface area (Å²) in [6.07, 6.45) is 17.5. The van der Waals surface area contributed by atoms with Crippen molar-refractivity contribution in [3.63, 3.8) is 0 Å². The van der Waals surface area contributed by atoms with Crippen molar-refractivity contribution in [1.82, 2.24) is 24.5 Å². The Hall–Kier alpha value is -6.09. The van der Waals surface area contributed by atoms with Gasteiger partial charge in [0.05, 0.1) is 36.7 Å². The van der Waals surface area contributed by atoms with Crippen LogP contribution in [0.3, 0.4) is 0 Å². The van der Waals surface area contributed by atoms with E-state index in [1.807, 2.05) is 49.1 Å². The third-order valence-corrected chi connectivity index (χ3v) is 10.2. The highest BCUT2D eigenvalue weighted by Gasteiger charge is 2.27. The second kappa shape index (κ2) is 14.9. The molecule has 2 aliphatic carbocycles. The highest BCUT2D eigenvalue weighted by molar-refractivity contribution is 5.91. The summed E-state index contributed by atoms with van der Waals surface area (Å²) < 4.78 is 12.2. The van der Waals surface area contributed by atoms with E-state index in [0.29, 0.717) is 35.8 Å². The number of carbonyl (C=O) groups is 2. The fraction of sp³-hybridized carbons (Fsp3) is 0.250. The summed E-state index contributed by atoms with van der Waals surface area (Å²) in [4.78, 5) is 41.0. The number of nitrogens with one attached hydrogen (secondary N) is 1. The van der Waals surface area contributed by atoms with Crippen molar-refractivity contribution in [2.45, 2.75) is 56.9 Å². The Labute approximate surface area is 308 Å². The van der Waals surface area contributed by atoms with Gasteiger partial charge in [-0.15, -0.1) is 0 Å². The van der Waals surface area contributed by atoms with Gasteiger partial charge in [0.1, 0.15) is 0 Å². The quantitative estimate of drug-likeness (QED) is 0.142. The maximum absolute atomic E-state index is 12.3. The van der Waals surface area contributed by atoms with Crippen molar-refractivity contribution < 1.29 is 19.1 Å². The fourth-order valence-corrected chi connectivity index (χ4v) is 6.94. The molecule has 7 aromatic rings. The molecule has 53 heavy (non-hydrogen) atoms. The van der Waals surface area contributed by atoms with E-state index >= 15 is 0 Å². The number of ether oxygens (including phenoxy) is 2. The van der Waals surface area contributed by atoms with Gasteiger partial charge in [0.2, 0.25) is 0 Å². The predicted octanol–water partition coefficient (Wildman–Crippen LogP) is 8.55. The van der Waals surface area contributed by atoms with Gasteiger partial charge in [0.25, 0.3) is 0 Å². The van der Waals surface area contributed by atoms with E-state index in [2.05, 4.69) is 79.2 Å². The SMILES string of the molecule is COC(=O)c1cc(C2CC2)cnc1Cc1ccc2[nH]ccc2c1.COC(=O)c1cc(C2CC2)cnc1Cc1ccc2c(ccn2Cc2cccnc2)c1. The molecule has 266 valence electrons. The summed E-state index contributed by atoms with van der Waals surface area (Å²) in [7, 11) is 2.84. The van der Waals surface area contributed by atoms with Crippen LogP contribution in [-0.2, 0) is 28.9 Å². The molecule has 0 saturated heterocycles. The van der Waals surface area contributed by atoms with Crippen LogP contribution in [0.4, 0.5) is 0 Å². The number of carbonyl (C=O) groups excluding carboxylic acids is 2. The van der Waals surface area contributed by atoms with Crippen molar-refractivity contribution in [2.24, 2.45) is 0 Å². The van der Waals surface area contributed by atoms with Crippen LogP contribution in [0.25, 0.3) is 21.8 Å². The van der Waals surface area contributed by atoms with Crippen LogP contribution < -0.4 is 0 Å². The first-order chi connectivity index (χ1) is 25.9. The summed E-state index contributed by atoms with van der Waals surface area (Å²) in [6.45, 7) is 0.785. The van der Waals surface area contributed by atoms with Gasteiger partial charge in [-0.2, -0.15) is 0 Å². The van der Waals surface area contributed by atoms with Crippen LogP contribution in [-0.4, -0.2) is 50.7 Å². The molecule has 9 heteroatoms. The molecule has 0 spiro atoms. The number of esters is 2. The number of hydrogen-bond donors (Lipinski definition) is 1. The lowest BCUT2D eigenvalue weighted by molar-refractivity contribution is 0.0590. The number of hydrogen-bond acceptors (Lipinski definition) is 7. The first-order valence-corrected chi connectivity index (χ1v) is 18.1. The van der Waals surface area contributed by atoms with Crippen LogP contribution >= 0.6 is 0 Å². The molecular formula is C44H41N5O4. The molecule has 0 radical (unpaired) electrons. The second-order valence-electron chi connectivity index (χ2n) is 14.0. The number of pyridine rings is 3. The summed E-state index contributed by atoms with van der Waals surface area (Å²) in [6, 6.07) is 24.8. The maximum Gasteiger partial charge on any atom is 0.339 e. The van der Waals surface area contributed by atoms with Crippen molar-refractivity contribution in [3.05, 3.63) is 160 Å². The van der Waals surface area contributed by atoms with E-state index < -0.39 is 0 Å². The number of benzene rings is 2. The van der Waals surface area contributed by atoms with Gasteiger partial charge in [-0.05, 0) is 131 Å². The number of fused-ring (bicyclic) bond motifs is 2. The van der Waals surface area contributed by atoms with Crippen molar-refractivity contribution in [2.75, 3.05) is 14.2 Å². The standard InChI is InChI=1S/C25H23N3O2.C19H18N2O2/c1-30-25(29)22-13-21(19-5-6-19)15-27-23(22)12-17-4-7-24-20(11-17)8-10-28(24)16-18-3-2-9-26-14-18;1-23-19(22)16-10-15(13-3-4-13)11-21-18(16)9-12-2-5-17-14(8-12)6-7-20-17/h2-4,7-11,13-15,19H,5-6,12,16H2,1H3;2,5-8,10-11,13,20H,3-4,9H2,1H3. The highest BCUT2D eigenvalue weighted by atomic mass is 16.5. The third kappa shape index (κ3) is 7.74. The molecule has 0 amide bonds. The lowest BCUT2D eigenvalue weighted by Crippen LogP contribution is -2.09. The molecule has 2 aromatic carbocycles. The third-order valence-electron chi connectivity index (χ3n) is 10.2. The number of H-pyrrole nitrogens is 1. The Balaban J connectivity index is 0.000000156. The molecule has 0 bridgehead atoms. The molecule has 2 saturated carbocycles. The van der Waals surface area contributed by atoms with E-state index in [4.69, 9.17) is 9.47 Å². The number of rotatable bonds is 10. The van der Waals surface area contributed by atoms with Gasteiger partial charge >= 0.3 is 11.9 Å². The predicted molar refractivity (Wildman–Crippen MR) is 204 cm³/mol. The van der Waals surface area contributed by atoms with Gasteiger partial charge in [0, 0.05) is 67.6 Å². The molecule has 2 aliphatic rings. The Kier molecular flexibility index (Phi) is 9.55. The first-order valence-electron chi connectivity index (χ1n) is 18.1. The molecule has 0 unspecified atom stereocenters. The van der Waals surface area contributed by atoms with Gasteiger partial charge in [-0.1, -0.05) is 18.2 Å². The molecule has 9 rings (SSSR count).